The van der Waals surface area contributed by atoms with Crippen molar-refractivity contribution in [3.63, 3.8) is 0 Å². The Kier molecular flexibility index (Phi) is 3.68. The summed E-state index contributed by atoms with van der Waals surface area (Å²) in [6.07, 6.45) is 5.07. The Hall–Kier alpha value is -0.430. The van der Waals surface area contributed by atoms with Gasteiger partial charge in [-0.2, -0.15) is 0 Å². The number of hydrogen-bond donors (Lipinski definition) is 2. The molecule has 2 N–H and O–H groups in total. The van der Waals surface area contributed by atoms with Gasteiger partial charge in [-0.15, -0.1) is 11.3 Å². The second-order valence-corrected chi connectivity index (χ2v) is 8.62. The molecule has 0 aliphatic heterocycles. The number of aliphatic hydroxyl groups is 1. The van der Waals surface area contributed by atoms with E-state index < -0.39 is 10.0 Å². The van der Waals surface area contributed by atoms with Crippen molar-refractivity contribution in [3.05, 3.63) is 17.0 Å². The molecule has 4 nitrogen and oxygen atoms in total. The summed E-state index contributed by atoms with van der Waals surface area (Å²) in [7, 11) is -3.40. The number of nitrogens with one attached hydrogen (secondary N) is 1. The molecule has 3 unspecified atom stereocenters. The summed E-state index contributed by atoms with van der Waals surface area (Å²) in [5, 5.41) is 10.7. The van der Waals surface area contributed by atoms with E-state index in [1.54, 1.807) is 11.4 Å². The van der Waals surface area contributed by atoms with Crippen LogP contribution in [0.2, 0.25) is 0 Å². The van der Waals surface area contributed by atoms with Crippen molar-refractivity contribution < 1.29 is 13.5 Å². The first-order valence-electron chi connectivity index (χ1n) is 6.76. The first-order valence-corrected chi connectivity index (χ1v) is 9.12. The van der Waals surface area contributed by atoms with E-state index in [2.05, 4.69) is 4.72 Å². The molecule has 0 spiro atoms. The summed E-state index contributed by atoms with van der Waals surface area (Å²) in [5.41, 5.74) is 0.658. The lowest BCUT2D eigenvalue weighted by molar-refractivity contribution is 0.282. The van der Waals surface area contributed by atoms with E-state index in [1.807, 2.05) is 0 Å². The van der Waals surface area contributed by atoms with E-state index in [0.717, 1.165) is 11.8 Å². The zero-order valence-corrected chi connectivity index (χ0v) is 12.3. The first-order chi connectivity index (χ1) is 9.08. The summed E-state index contributed by atoms with van der Waals surface area (Å²) >= 11 is 1.17. The number of thiophene rings is 1. The van der Waals surface area contributed by atoms with Crippen molar-refractivity contribution in [2.75, 3.05) is 6.54 Å². The lowest BCUT2D eigenvalue weighted by atomic mass is 9.89. The molecule has 19 heavy (non-hydrogen) atoms. The lowest BCUT2D eigenvalue weighted by Crippen LogP contribution is -2.31. The molecule has 2 bridgehead atoms. The largest absolute Gasteiger partial charge is 0.392 e. The smallest absolute Gasteiger partial charge is 0.250 e. The van der Waals surface area contributed by atoms with Gasteiger partial charge in [-0.25, -0.2) is 13.1 Å². The monoisotopic (exact) mass is 301 g/mol. The average Bonchev–Trinajstić information content (AvgIpc) is 3.11. The summed E-state index contributed by atoms with van der Waals surface area (Å²) < 4.78 is 27.3. The molecular formula is C13H19NO3S2. The molecule has 2 fully saturated rings. The second kappa shape index (κ2) is 5.16. The van der Waals surface area contributed by atoms with Crippen LogP contribution in [0, 0.1) is 17.8 Å². The number of sulfonamides is 1. The standard InChI is InChI=1S/C13H19NO3S2/c15-7-10-5-13(18-8-10)19(16,17)14-6-12-4-9-1-2-11(12)3-9/h5,8-9,11-12,14-15H,1-4,6-7H2. The van der Waals surface area contributed by atoms with Crippen molar-refractivity contribution in [1.82, 2.24) is 4.72 Å². The molecule has 6 heteroatoms. The van der Waals surface area contributed by atoms with E-state index in [9.17, 15) is 8.42 Å². The Morgan fingerprint density at radius 1 is 1.37 bits per heavy atom. The minimum atomic E-state index is -3.40. The Morgan fingerprint density at radius 2 is 2.21 bits per heavy atom. The maximum atomic E-state index is 12.1. The van der Waals surface area contributed by atoms with Gasteiger partial charge in [0.15, 0.2) is 0 Å². The summed E-state index contributed by atoms with van der Waals surface area (Å²) in [6, 6.07) is 1.55. The van der Waals surface area contributed by atoms with Crippen LogP contribution >= 0.6 is 11.3 Å². The molecule has 2 aliphatic rings. The van der Waals surface area contributed by atoms with Gasteiger partial charge in [-0.1, -0.05) is 6.42 Å². The van der Waals surface area contributed by atoms with Crippen molar-refractivity contribution in [2.24, 2.45) is 17.8 Å². The van der Waals surface area contributed by atoms with Crippen LogP contribution in [0.15, 0.2) is 15.7 Å². The van der Waals surface area contributed by atoms with Crippen LogP contribution in [0.1, 0.15) is 31.2 Å². The Morgan fingerprint density at radius 3 is 2.79 bits per heavy atom. The summed E-state index contributed by atoms with van der Waals surface area (Å²) in [6.45, 7) is 0.453. The topological polar surface area (TPSA) is 66.4 Å². The molecule has 0 radical (unpaired) electrons. The Balaban J connectivity index is 1.62. The number of fused-ring (bicyclic) bond motifs is 2. The fourth-order valence-electron chi connectivity index (χ4n) is 3.49. The first kappa shape index (κ1) is 13.5. The summed E-state index contributed by atoms with van der Waals surface area (Å²) in [4.78, 5) is 0. The van der Waals surface area contributed by atoms with Gasteiger partial charge < -0.3 is 5.11 Å². The normalized spacial score (nSPS) is 30.1. The van der Waals surface area contributed by atoms with Gasteiger partial charge in [-0.3, -0.25) is 0 Å². The molecule has 2 aliphatic carbocycles. The second-order valence-electron chi connectivity index (χ2n) is 5.72. The molecule has 3 atom stereocenters. The molecule has 1 heterocycles. The van der Waals surface area contributed by atoms with Gasteiger partial charge in [0.2, 0.25) is 10.0 Å². The molecule has 1 aromatic rings. The Labute approximate surface area is 117 Å². The third kappa shape index (κ3) is 2.72. The van der Waals surface area contributed by atoms with E-state index in [-0.39, 0.29) is 6.61 Å². The quantitative estimate of drug-likeness (QED) is 0.873. The van der Waals surface area contributed by atoms with E-state index in [4.69, 9.17) is 5.11 Å². The van der Waals surface area contributed by atoms with Gasteiger partial charge in [-0.05, 0) is 54.0 Å². The molecular weight excluding hydrogens is 282 g/mol. The maximum absolute atomic E-state index is 12.1. The predicted molar refractivity (Wildman–Crippen MR) is 74.4 cm³/mol. The predicted octanol–water partition coefficient (Wildman–Crippen LogP) is 1.95. The average molecular weight is 301 g/mol. The molecule has 106 valence electrons. The van der Waals surface area contributed by atoms with Crippen molar-refractivity contribution in [3.8, 4) is 0 Å². The Bertz CT molecular complexity index is 552. The van der Waals surface area contributed by atoms with Crippen LogP contribution in [0.5, 0.6) is 0 Å². The van der Waals surface area contributed by atoms with Crippen LogP contribution in [-0.2, 0) is 16.6 Å². The highest BCUT2D eigenvalue weighted by Gasteiger charge is 2.39. The van der Waals surface area contributed by atoms with Gasteiger partial charge in [0.05, 0.1) is 6.61 Å². The maximum Gasteiger partial charge on any atom is 0.250 e. The van der Waals surface area contributed by atoms with E-state index >= 15 is 0 Å². The van der Waals surface area contributed by atoms with Crippen LogP contribution in [0.3, 0.4) is 0 Å². The zero-order valence-electron chi connectivity index (χ0n) is 10.7. The fourth-order valence-corrected chi connectivity index (χ4v) is 5.83. The molecule has 0 aromatic carbocycles. The zero-order chi connectivity index (χ0) is 13.5. The minimum Gasteiger partial charge on any atom is -0.392 e. The van der Waals surface area contributed by atoms with E-state index in [0.29, 0.717) is 22.2 Å². The highest BCUT2D eigenvalue weighted by atomic mass is 32.2. The molecule has 3 rings (SSSR count). The third-order valence-corrected chi connectivity index (χ3v) is 7.41. The van der Waals surface area contributed by atoms with Crippen molar-refractivity contribution >= 4 is 21.4 Å². The van der Waals surface area contributed by atoms with Gasteiger partial charge in [0, 0.05) is 6.54 Å². The van der Waals surface area contributed by atoms with Crippen LogP contribution < -0.4 is 4.72 Å². The summed E-state index contributed by atoms with van der Waals surface area (Å²) in [5.74, 6) is 2.08. The molecule has 2 saturated carbocycles. The van der Waals surface area contributed by atoms with Gasteiger partial charge in [0.1, 0.15) is 4.21 Å². The number of hydrogen-bond acceptors (Lipinski definition) is 4. The molecule has 0 amide bonds. The van der Waals surface area contributed by atoms with Crippen molar-refractivity contribution in [2.45, 2.75) is 36.5 Å². The van der Waals surface area contributed by atoms with Gasteiger partial charge >= 0.3 is 0 Å². The third-order valence-electron chi connectivity index (χ3n) is 4.50. The SMILES string of the molecule is O=S(=O)(NCC1CC2CCC1C2)c1cc(CO)cs1. The molecule has 1 aromatic heterocycles. The number of aliphatic hydroxyl groups excluding tert-OH is 1. The van der Waals surface area contributed by atoms with Crippen LogP contribution in [0.25, 0.3) is 0 Å². The van der Waals surface area contributed by atoms with Crippen LogP contribution in [-0.4, -0.2) is 20.1 Å². The van der Waals surface area contributed by atoms with Crippen LogP contribution in [0.4, 0.5) is 0 Å². The minimum absolute atomic E-state index is 0.113. The number of rotatable bonds is 5. The van der Waals surface area contributed by atoms with Crippen molar-refractivity contribution in [1.29, 1.82) is 0 Å². The fraction of sp³-hybridized carbons (Fsp3) is 0.692. The van der Waals surface area contributed by atoms with E-state index in [1.165, 1.54) is 37.0 Å². The van der Waals surface area contributed by atoms with Gasteiger partial charge in [0.25, 0.3) is 0 Å². The highest BCUT2D eigenvalue weighted by molar-refractivity contribution is 7.91. The highest BCUT2D eigenvalue weighted by Crippen LogP contribution is 2.48. The molecule has 0 saturated heterocycles. The lowest BCUT2D eigenvalue weighted by Gasteiger charge is -2.21.